The molecule has 0 amide bonds. The summed E-state index contributed by atoms with van der Waals surface area (Å²) in [6.07, 6.45) is 10.4. The van der Waals surface area contributed by atoms with Gasteiger partial charge in [0.1, 0.15) is 0 Å². The lowest BCUT2D eigenvalue weighted by molar-refractivity contribution is 0.259. The van der Waals surface area contributed by atoms with Crippen LogP contribution in [0.1, 0.15) is 53.4 Å². The number of allylic oxidation sites excluding steroid dienone is 4. The highest BCUT2D eigenvalue weighted by Gasteiger charge is 2.36. The predicted octanol–water partition coefficient (Wildman–Crippen LogP) is 4.73. The van der Waals surface area contributed by atoms with E-state index in [1.807, 2.05) is 0 Å². The summed E-state index contributed by atoms with van der Waals surface area (Å²) in [6, 6.07) is 0. The summed E-state index contributed by atoms with van der Waals surface area (Å²) < 4.78 is 0. The molecule has 0 unspecified atom stereocenters. The van der Waals surface area contributed by atoms with E-state index in [2.05, 4.69) is 39.8 Å². The predicted molar refractivity (Wildman–Crippen MR) is 66.7 cm³/mol. The van der Waals surface area contributed by atoms with Gasteiger partial charge in [-0.3, -0.25) is 0 Å². The van der Waals surface area contributed by atoms with Crippen molar-refractivity contribution in [1.82, 2.24) is 0 Å². The third kappa shape index (κ3) is 1.91. The van der Waals surface area contributed by atoms with Crippen molar-refractivity contribution in [2.24, 2.45) is 17.3 Å². The molecule has 0 aliphatic heterocycles. The van der Waals surface area contributed by atoms with Gasteiger partial charge < -0.3 is 0 Å². The molecule has 0 aromatic carbocycles. The molecule has 15 heavy (non-hydrogen) atoms. The van der Waals surface area contributed by atoms with Crippen LogP contribution in [0.5, 0.6) is 0 Å². The van der Waals surface area contributed by atoms with Gasteiger partial charge in [-0.1, -0.05) is 38.5 Å². The van der Waals surface area contributed by atoms with E-state index in [0.717, 1.165) is 11.8 Å². The number of hydrogen-bond acceptors (Lipinski definition) is 0. The minimum absolute atomic E-state index is 0.504. The Bertz CT molecular complexity index is 306. The Hall–Kier alpha value is -0.520. The molecule has 0 nitrogen and oxygen atoms in total. The first-order chi connectivity index (χ1) is 7.03. The highest BCUT2D eigenvalue weighted by molar-refractivity contribution is 5.39. The molecule has 0 saturated carbocycles. The topological polar surface area (TPSA) is 0 Å². The van der Waals surface area contributed by atoms with E-state index in [0.29, 0.717) is 5.41 Å². The standard InChI is InChI=1S/C15H24/c1-11(2)13-7-9-15(4)8-5-6-12(3)14(15)10-13/h6,10-11,13H,5,7-9H2,1-4H3/t13-,15-/m1/s1. The molecule has 84 valence electrons. The molecule has 0 aromatic rings. The maximum absolute atomic E-state index is 2.58. The maximum Gasteiger partial charge on any atom is -0.00726 e. The number of rotatable bonds is 1. The zero-order chi connectivity index (χ0) is 11.1. The smallest absolute Gasteiger partial charge is 0.00726 e. The first-order valence-electron chi connectivity index (χ1n) is 6.42. The highest BCUT2D eigenvalue weighted by atomic mass is 14.4. The molecule has 2 rings (SSSR count). The molecule has 2 aliphatic carbocycles. The van der Waals surface area contributed by atoms with E-state index in [9.17, 15) is 0 Å². The molecule has 0 heteroatoms. The number of hydrogen-bond donors (Lipinski definition) is 0. The Morgan fingerprint density at radius 3 is 2.73 bits per heavy atom. The molecule has 0 saturated heterocycles. The normalized spacial score (nSPS) is 35.9. The van der Waals surface area contributed by atoms with Crippen molar-refractivity contribution in [2.75, 3.05) is 0 Å². The Labute approximate surface area is 94.5 Å². The fourth-order valence-corrected chi connectivity index (χ4v) is 3.23. The summed E-state index contributed by atoms with van der Waals surface area (Å²) >= 11 is 0. The lowest BCUT2D eigenvalue weighted by Crippen LogP contribution is -2.29. The van der Waals surface area contributed by atoms with E-state index < -0.39 is 0 Å². The third-order valence-electron chi connectivity index (χ3n) is 4.49. The largest absolute Gasteiger partial charge is 0.0813 e. The fourth-order valence-electron chi connectivity index (χ4n) is 3.23. The molecule has 0 radical (unpaired) electrons. The van der Waals surface area contributed by atoms with Gasteiger partial charge in [0, 0.05) is 0 Å². The van der Waals surface area contributed by atoms with Crippen LogP contribution in [-0.2, 0) is 0 Å². The van der Waals surface area contributed by atoms with Crippen LogP contribution in [0.15, 0.2) is 23.3 Å². The average molecular weight is 204 g/mol. The van der Waals surface area contributed by atoms with Crippen LogP contribution in [0.3, 0.4) is 0 Å². The fraction of sp³-hybridized carbons (Fsp3) is 0.733. The molecule has 2 aliphatic rings. The van der Waals surface area contributed by atoms with Gasteiger partial charge in [0.15, 0.2) is 0 Å². The van der Waals surface area contributed by atoms with Crippen molar-refractivity contribution < 1.29 is 0 Å². The summed E-state index contributed by atoms with van der Waals surface area (Å²) in [5, 5.41) is 0. The molecule has 0 N–H and O–H groups in total. The highest BCUT2D eigenvalue weighted by Crippen LogP contribution is 2.49. The van der Waals surface area contributed by atoms with E-state index >= 15 is 0 Å². The SMILES string of the molecule is CC1=CCC[C@]2(C)CC[C@@H](C(C)C)C=C12. The molecular formula is C15H24. The van der Waals surface area contributed by atoms with Crippen LogP contribution in [0.4, 0.5) is 0 Å². The summed E-state index contributed by atoms with van der Waals surface area (Å²) in [5.74, 6) is 1.62. The molecule has 0 aromatic heterocycles. The quantitative estimate of drug-likeness (QED) is 0.579. The molecular weight excluding hydrogens is 180 g/mol. The van der Waals surface area contributed by atoms with Crippen molar-refractivity contribution in [2.45, 2.75) is 53.4 Å². The summed E-state index contributed by atoms with van der Waals surface area (Å²) in [4.78, 5) is 0. The van der Waals surface area contributed by atoms with Crippen LogP contribution >= 0.6 is 0 Å². The molecule has 0 spiro atoms. The van der Waals surface area contributed by atoms with Gasteiger partial charge in [-0.15, -0.1) is 0 Å². The second-order valence-corrected chi connectivity index (χ2v) is 6.01. The van der Waals surface area contributed by atoms with E-state index in [4.69, 9.17) is 0 Å². The van der Waals surface area contributed by atoms with Crippen molar-refractivity contribution >= 4 is 0 Å². The first-order valence-corrected chi connectivity index (χ1v) is 6.42. The average Bonchev–Trinajstić information content (AvgIpc) is 2.17. The van der Waals surface area contributed by atoms with Crippen molar-refractivity contribution in [1.29, 1.82) is 0 Å². The van der Waals surface area contributed by atoms with Crippen molar-refractivity contribution in [3.8, 4) is 0 Å². The van der Waals surface area contributed by atoms with Crippen LogP contribution in [-0.4, -0.2) is 0 Å². The second-order valence-electron chi connectivity index (χ2n) is 6.01. The minimum Gasteiger partial charge on any atom is -0.0813 e. The van der Waals surface area contributed by atoms with Gasteiger partial charge in [0.05, 0.1) is 0 Å². The van der Waals surface area contributed by atoms with E-state index in [-0.39, 0.29) is 0 Å². The summed E-state index contributed by atoms with van der Waals surface area (Å²) in [7, 11) is 0. The molecule has 0 heterocycles. The second kappa shape index (κ2) is 3.81. The zero-order valence-corrected chi connectivity index (χ0v) is 10.6. The van der Waals surface area contributed by atoms with Gasteiger partial charge in [0.2, 0.25) is 0 Å². The Morgan fingerprint density at radius 2 is 2.07 bits per heavy atom. The summed E-state index contributed by atoms with van der Waals surface area (Å²) in [5.41, 5.74) is 3.72. The lowest BCUT2D eigenvalue weighted by Gasteiger charge is -2.42. The van der Waals surface area contributed by atoms with Gasteiger partial charge in [-0.25, -0.2) is 0 Å². The first kappa shape index (κ1) is 11.0. The molecule has 0 bridgehead atoms. The van der Waals surface area contributed by atoms with Gasteiger partial charge in [-0.05, 0) is 55.4 Å². The monoisotopic (exact) mass is 204 g/mol. The Kier molecular flexibility index (Phi) is 2.79. The van der Waals surface area contributed by atoms with E-state index in [1.165, 1.54) is 25.7 Å². The van der Waals surface area contributed by atoms with Crippen LogP contribution in [0.25, 0.3) is 0 Å². The maximum atomic E-state index is 2.58. The van der Waals surface area contributed by atoms with Crippen molar-refractivity contribution in [3.63, 3.8) is 0 Å². The van der Waals surface area contributed by atoms with Crippen LogP contribution < -0.4 is 0 Å². The van der Waals surface area contributed by atoms with Crippen LogP contribution in [0, 0.1) is 17.3 Å². The molecule has 0 fully saturated rings. The van der Waals surface area contributed by atoms with E-state index in [1.54, 1.807) is 11.1 Å². The van der Waals surface area contributed by atoms with Gasteiger partial charge in [-0.2, -0.15) is 0 Å². The minimum atomic E-state index is 0.504. The van der Waals surface area contributed by atoms with Gasteiger partial charge in [0.25, 0.3) is 0 Å². The van der Waals surface area contributed by atoms with Gasteiger partial charge >= 0.3 is 0 Å². The molecule has 2 atom stereocenters. The third-order valence-corrected chi connectivity index (χ3v) is 4.49. The van der Waals surface area contributed by atoms with Crippen LogP contribution in [0.2, 0.25) is 0 Å². The number of fused-ring (bicyclic) bond motifs is 1. The van der Waals surface area contributed by atoms with Crippen molar-refractivity contribution in [3.05, 3.63) is 23.3 Å². The summed E-state index contributed by atoms with van der Waals surface area (Å²) in [6.45, 7) is 9.47. The Morgan fingerprint density at radius 1 is 1.33 bits per heavy atom. The zero-order valence-electron chi connectivity index (χ0n) is 10.6. The Balaban J connectivity index is 2.34. The lowest BCUT2D eigenvalue weighted by atomic mass is 9.63.